The molecule has 0 bridgehead atoms. The summed E-state index contributed by atoms with van der Waals surface area (Å²) in [5.41, 5.74) is 0.749. The van der Waals surface area contributed by atoms with E-state index in [9.17, 15) is 4.79 Å². The van der Waals surface area contributed by atoms with E-state index in [1.807, 2.05) is 38.1 Å². The number of carbonyl (C=O) groups excluding carboxylic acids is 1. The van der Waals surface area contributed by atoms with Crippen molar-refractivity contribution in [1.82, 2.24) is 5.32 Å². The van der Waals surface area contributed by atoms with E-state index in [4.69, 9.17) is 4.74 Å². The molecule has 0 spiro atoms. The third-order valence-corrected chi connectivity index (χ3v) is 1.83. The summed E-state index contributed by atoms with van der Waals surface area (Å²) in [5.74, 6) is 0.696. The molecule has 0 fully saturated rings. The van der Waals surface area contributed by atoms with E-state index in [1.54, 1.807) is 7.05 Å². The number of hydrogen-bond donors (Lipinski definition) is 2. The maximum absolute atomic E-state index is 11.3. The lowest BCUT2D eigenvalue weighted by molar-refractivity contribution is -0.115. The molecule has 4 heteroatoms. The highest BCUT2D eigenvalue weighted by Crippen LogP contribution is 2.18. The fourth-order valence-corrected chi connectivity index (χ4v) is 1.29. The second-order valence-corrected chi connectivity index (χ2v) is 3.77. The largest absolute Gasteiger partial charge is 0.491 e. The lowest BCUT2D eigenvalue weighted by atomic mass is 10.3. The summed E-state index contributed by atoms with van der Waals surface area (Å²) in [6, 6.07) is 7.37. The topological polar surface area (TPSA) is 50.4 Å². The Hall–Kier alpha value is -1.55. The van der Waals surface area contributed by atoms with E-state index in [-0.39, 0.29) is 12.0 Å². The van der Waals surface area contributed by atoms with E-state index >= 15 is 0 Å². The van der Waals surface area contributed by atoms with Crippen molar-refractivity contribution in [3.63, 3.8) is 0 Å². The van der Waals surface area contributed by atoms with Crippen molar-refractivity contribution >= 4 is 11.6 Å². The molecule has 1 aromatic rings. The van der Waals surface area contributed by atoms with Crippen molar-refractivity contribution in [2.75, 3.05) is 18.9 Å². The summed E-state index contributed by atoms with van der Waals surface area (Å²) in [5, 5.41) is 5.57. The van der Waals surface area contributed by atoms with Crippen molar-refractivity contribution in [2.45, 2.75) is 20.0 Å². The van der Waals surface area contributed by atoms with Crippen LogP contribution < -0.4 is 15.4 Å². The SMILES string of the molecule is CNCC(=O)Nc1cccc(OC(C)C)c1. The van der Waals surface area contributed by atoms with Gasteiger partial charge in [0, 0.05) is 11.8 Å². The summed E-state index contributed by atoms with van der Waals surface area (Å²) in [6.07, 6.45) is 0.128. The molecule has 0 heterocycles. The van der Waals surface area contributed by atoms with Crippen molar-refractivity contribution in [3.8, 4) is 5.75 Å². The van der Waals surface area contributed by atoms with Gasteiger partial charge in [-0.05, 0) is 33.0 Å². The van der Waals surface area contributed by atoms with Crippen molar-refractivity contribution in [2.24, 2.45) is 0 Å². The van der Waals surface area contributed by atoms with Gasteiger partial charge in [0.25, 0.3) is 0 Å². The number of nitrogens with one attached hydrogen (secondary N) is 2. The van der Waals surface area contributed by atoms with Gasteiger partial charge in [-0.1, -0.05) is 6.07 Å². The molecule has 0 radical (unpaired) electrons. The number of likely N-dealkylation sites (N-methyl/N-ethyl adjacent to an activating group) is 1. The van der Waals surface area contributed by atoms with Gasteiger partial charge in [-0.15, -0.1) is 0 Å². The third-order valence-electron chi connectivity index (χ3n) is 1.83. The second-order valence-electron chi connectivity index (χ2n) is 3.77. The Morgan fingerprint density at radius 2 is 2.19 bits per heavy atom. The zero-order valence-electron chi connectivity index (χ0n) is 9.91. The molecular weight excluding hydrogens is 204 g/mol. The number of anilines is 1. The number of amides is 1. The molecular formula is C12H18N2O2. The minimum absolute atomic E-state index is 0.0656. The lowest BCUT2D eigenvalue weighted by Gasteiger charge is -2.11. The summed E-state index contributed by atoms with van der Waals surface area (Å²) >= 11 is 0. The Kier molecular flexibility index (Phi) is 4.79. The first-order valence-electron chi connectivity index (χ1n) is 5.33. The van der Waals surface area contributed by atoms with Crippen LogP contribution in [0.15, 0.2) is 24.3 Å². The summed E-state index contributed by atoms with van der Waals surface area (Å²) < 4.78 is 5.53. The summed E-state index contributed by atoms with van der Waals surface area (Å²) in [4.78, 5) is 11.3. The van der Waals surface area contributed by atoms with Crippen LogP contribution in [0.1, 0.15) is 13.8 Å². The van der Waals surface area contributed by atoms with E-state index < -0.39 is 0 Å². The fraction of sp³-hybridized carbons (Fsp3) is 0.417. The van der Waals surface area contributed by atoms with E-state index in [0.717, 1.165) is 11.4 Å². The zero-order chi connectivity index (χ0) is 12.0. The van der Waals surface area contributed by atoms with Gasteiger partial charge in [-0.25, -0.2) is 0 Å². The molecule has 1 aromatic carbocycles. The van der Waals surface area contributed by atoms with Gasteiger partial charge < -0.3 is 15.4 Å². The van der Waals surface area contributed by atoms with Gasteiger partial charge in [0.1, 0.15) is 5.75 Å². The van der Waals surface area contributed by atoms with E-state index in [1.165, 1.54) is 0 Å². The lowest BCUT2D eigenvalue weighted by Crippen LogP contribution is -2.25. The van der Waals surface area contributed by atoms with Crippen LogP contribution in [-0.4, -0.2) is 25.6 Å². The number of ether oxygens (including phenoxy) is 1. The molecule has 0 saturated heterocycles. The molecule has 0 unspecified atom stereocenters. The summed E-state index contributed by atoms with van der Waals surface area (Å²) in [7, 11) is 1.73. The average Bonchev–Trinajstić information content (AvgIpc) is 2.17. The smallest absolute Gasteiger partial charge is 0.238 e. The minimum Gasteiger partial charge on any atom is -0.491 e. The molecule has 4 nitrogen and oxygen atoms in total. The normalized spacial score (nSPS) is 10.2. The van der Waals surface area contributed by atoms with E-state index in [2.05, 4.69) is 10.6 Å². The van der Waals surface area contributed by atoms with E-state index in [0.29, 0.717) is 6.54 Å². The molecule has 0 aliphatic heterocycles. The average molecular weight is 222 g/mol. The Labute approximate surface area is 96.0 Å². The van der Waals surface area contributed by atoms with Crippen LogP contribution in [-0.2, 0) is 4.79 Å². The number of benzene rings is 1. The Morgan fingerprint density at radius 3 is 2.81 bits per heavy atom. The molecule has 88 valence electrons. The van der Waals surface area contributed by atoms with Gasteiger partial charge >= 0.3 is 0 Å². The molecule has 0 atom stereocenters. The van der Waals surface area contributed by atoms with Crippen LogP contribution in [0.4, 0.5) is 5.69 Å². The van der Waals surface area contributed by atoms with Gasteiger partial charge in [0.2, 0.25) is 5.91 Å². The third kappa shape index (κ3) is 4.31. The van der Waals surface area contributed by atoms with Gasteiger partial charge in [-0.2, -0.15) is 0 Å². The predicted octanol–water partition coefficient (Wildman–Crippen LogP) is 1.63. The first-order chi connectivity index (χ1) is 7.61. The number of hydrogen-bond acceptors (Lipinski definition) is 3. The molecule has 0 saturated carbocycles. The Morgan fingerprint density at radius 1 is 1.44 bits per heavy atom. The molecule has 0 aliphatic rings. The maximum atomic E-state index is 11.3. The van der Waals surface area contributed by atoms with Crippen LogP contribution in [0, 0.1) is 0 Å². The van der Waals surface area contributed by atoms with Crippen LogP contribution in [0.5, 0.6) is 5.75 Å². The Bertz CT molecular complexity index is 351. The standard InChI is InChI=1S/C12H18N2O2/c1-9(2)16-11-6-4-5-10(7-11)14-12(15)8-13-3/h4-7,9,13H,8H2,1-3H3,(H,14,15). The molecule has 1 rings (SSSR count). The molecule has 16 heavy (non-hydrogen) atoms. The number of rotatable bonds is 5. The maximum Gasteiger partial charge on any atom is 0.238 e. The van der Waals surface area contributed by atoms with Crippen LogP contribution >= 0.6 is 0 Å². The van der Waals surface area contributed by atoms with Crippen LogP contribution in [0.3, 0.4) is 0 Å². The van der Waals surface area contributed by atoms with Crippen molar-refractivity contribution in [1.29, 1.82) is 0 Å². The zero-order valence-corrected chi connectivity index (χ0v) is 9.91. The first kappa shape index (κ1) is 12.5. The highest BCUT2D eigenvalue weighted by atomic mass is 16.5. The van der Waals surface area contributed by atoms with Crippen LogP contribution in [0.25, 0.3) is 0 Å². The Balaban J connectivity index is 2.63. The second kappa shape index (κ2) is 6.12. The van der Waals surface area contributed by atoms with Gasteiger partial charge in [-0.3, -0.25) is 4.79 Å². The van der Waals surface area contributed by atoms with Crippen molar-refractivity contribution < 1.29 is 9.53 Å². The summed E-state index contributed by atoms with van der Waals surface area (Å²) in [6.45, 7) is 4.23. The van der Waals surface area contributed by atoms with Gasteiger partial charge in [0.05, 0.1) is 12.6 Å². The first-order valence-corrected chi connectivity index (χ1v) is 5.33. The molecule has 1 amide bonds. The van der Waals surface area contributed by atoms with Crippen LogP contribution in [0.2, 0.25) is 0 Å². The number of carbonyl (C=O) groups is 1. The molecule has 0 aliphatic carbocycles. The molecule has 0 aromatic heterocycles. The van der Waals surface area contributed by atoms with Gasteiger partial charge in [0.15, 0.2) is 0 Å². The quantitative estimate of drug-likeness (QED) is 0.796. The fourth-order valence-electron chi connectivity index (χ4n) is 1.29. The molecule has 2 N–H and O–H groups in total. The highest BCUT2D eigenvalue weighted by molar-refractivity contribution is 5.92. The highest BCUT2D eigenvalue weighted by Gasteiger charge is 2.02. The minimum atomic E-state index is -0.0656. The predicted molar refractivity (Wildman–Crippen MR) is 64.8 cm³/mol. The van der Waals surface area contributed by atoms with Crippen molar-refractivity contribution in [3.05, 3.63) is 24.3 Å². The monoisotopic (exact) mass is 222 g/mol.